The molecule has 1 amide bonds. The smallest absolute Gasteiger partial charge is 0.408 e. The molecule has 0 aliphatic heterocycles. The number of carbonyl (C=O) groups is 1. The molecule has 1 fully saturated rings. The van der Waals surface area contributed by atoms with Crippen LogP contribution in [0, 0.1) is 0 Å². The van der Waals surface area contributed by atoms with Crippen LogP contribution in [0.1, 0.15) is 46.5 Å². The van der Waals surface area contributed by atoms with Gasteiger partial charge in [-0.2, -0.15) is 0 Å². The number of fused-ring (bicyclic) bond motifs is 1. The predicted molar refractivity (Wildman–Crippen MR) is 106 cm³/mol. The maximum atomic E-state index is 11.3. The molecule has 0 saturated heterocycles. The zero-order chi connectivity index (χ0) is 19.3. The monoisotopic (exact) mass is 358 g/mol. The van der Waals surface area contributed by atoms with Crippen LogP contribution >= 0.6 is 0 Å². The molecule has 26 heavy (non-hydrogen) atoms. The number of aromatic nitrogens is 1. The second-order valence-electron chi connectivity index (χ2n) is 7.76. The van der Waals surface area contributed by atoms with Gasteiger partial charge in [-0.15, -0.1) is 0 Å². The summed E-state index contributed by atoms with van der Waals surface area (Å²) in [4.78, 5) is 16.9. The standard InChI is InChI=1S/C11H22N2O2.C9H8N2/c1-11(2,3)13(10(14)15)9-7-5-4-6-8(9)12;10-8-4-1-5-9-7(8)3-2-6-11-9/h8-9H,4-7,12H2,1-3H3,(H,14,15);1-6H,10H2/t8-,9+;/m1./s1. The molecule has 1 aromatic carbocycles. The van der Waals surface area contributed by atoms with Gasteiger partial charge in [0, 0.05) is 28.9 Å². The van der Waals surface area contributed by atoms with E-state index in [0.29, 0.717) is 0 Å². The summed E-state index contributed by atoms with van der Waals surface area (Å²) in [5.41, 5.74) is 13.1. The number of nitrogens with two attached hydrogens (primary N) is 2. The van der Waals surface area contributed by atoms with Crippen LogP contribution in [0.4, 0.5) is 10.5 Å². The summed E-state index contributed by atoms with van der Waals surface area (Å²) in [5, 5.41) is 10.3. The van der Waals surface area contributed by atoms with Crippen molar-refractivity contribution in [3.05, 3.63) is 36.5 Å². The highest BCUT2D eigenvalue weighted by Gasteiger charge is 2.37. The van der Waals surface area contributed by atoms with Crippen LogP contribution in [0.15, 0.2) is 36.5 Å². The molecule has 3 rings (SSSR count). The Morgan fingerprint density at radius 2 is 1.88 bits per heavy atom. The summed E-state index contributed by atoms with van der Waals surface area (Å²) < 4.78 is 0. The Hall–Kier alpha value is -2.34. The molecule has 1 saturated carbocycles. The molecule has 1 aliphatic rings. The van der Waals surface area contributed by atoms with Gasteiger partial charge < -0.3 is 16.6 Å². The van der Waals surface area contributed by atoms with Crippen molar-refractivity contribution in [2.75, 3.05) is 5.73 Å². The molecule has 5 N–H and O–H groups in total. The number of benzene rings is 1. The van der Waals surface area contributed by atoms with E-state index in [9.17, 15) is 9.90 Å². The van der Waals surface area contributed by atoms with E-state index < -0.39 is 6.09 Å². The van der Waals surface area contributed by atoms with Crippen LogP contribution in [0.25, 0.3) is 10.9 Å². The van der Waals surface area contributed by atoms with Crippen LogP contribution in [-0.2, 0) is 0 Å². The highest BCUT2D eigenvalue weighted by molar-refractivity contribution is 5.89. The summed E-state index contributed by atoms with van der Waals surface area (Å²) in [7, 11) is 0. The quantitative estimate of drug-likeness (QED) is 0.671. The Morgan fingerprint density at radius 3 is 2.46 bits per heavy atom. The number of amides is 1. The third-order valence-electron chi connectivity index (χ3n) is 4.72. The van der Waals surface area contributed by atoms with Crippen molar-refractivity contribution in [1.82, 2.24) is 9.88 Å². The number of carboxylic acid groups (broad SMARTS) is 1. The normalized spacial score (nSPS) is 20.2. The SMILES string of the molecule is CC(C)(C)N(C(=O)O)[C@H]1CCCC[C@H]1N.Nc1cccc2ncccc12. The first kappa shape index (κ1) is 20.0. The molecule has 1 heterocycles. The van der Waals surface area contributed by atoms with Gasteiger partial charge in [0.15, 0.2) is 0 Å². The van der Waals surface area contributed by atoms with E-state index in [4.69, 9.17) is 11.5 Å². The molecule has 6 heteroatoms. The molecular weight excluding hydrogens is 328 g/mol. The molecule has 0 spiro atoms. The lowest BCUT2D eigenvalue weighted by molar-refractivity contribution is 0.0491. The molecule has 6 nitrogen and oxygen atoms in total. The van der Waals surface area contributed by atoms with E-state index in [1.165, 1.54) is 4.90 Å². The number of rotatable bonds is 1. The first-order valence-electron chi connectivity index (χ1n) is 9.09. The second kappa shape index (κ2) is 8.36. The fraction of sp³-hybridized carbons (Fsp3) is 0.500. The fourth-order valence-corrected chi connectivity index (χ4v) is 3.51. The van der Waals surface area contributed by atoms with Gasteiger partial charge in [-0.25, -0.2) is 4.79 Å². The number of hydrogen-bond acceptors (Lipinski definition) is 4. The third-order valence-corrected chi connectivity index (χ3v) is 4.72. The highest BCUT2D eigenvalue weighted by atomic mass is 16.4. The van der Waals surface area contributed by atoms with Crippen molar-refractivity contribution in [1.29, 1.82) is 0 Å². The zero-order valence-corrected chi connectivity index (χ0v) is 15.9. The first-order valence-corrected chi connectivity index (χ1v) is 9.09. The maximum absolute atomic E-state index is 11.3. The third kappa shape index (κ3) is 4.85. The van der Waals surface area contributed by atoms with Crippen LogP contribution < -0.4 is 11.5 Å². The fourth-order valence-electron chi connectivity index (χ4n) is 3.51. The number of nitrogen functional groups attached to an aromatic ring is 1. The minimum atomic E-state index is -0.857. The Kier molecular flexibility index (Phi) is 6.42. The molecule has 1 aliphatic carbocycles. The number of nitrogens with zero attached hydrogens (tertiary/aromatic N) is 2. The van der Waals surface area contributed by atoms with Crippen molar-refractivity contribution in [3.63, 3.8) is 0 Å². The summed E-state index contributed by atoms with van der Waals surface area (Å²) in [5.74, 6) is 0. The number of anilines is 1. The Bertz CT molecular complexity index is 737. The van der Waals surface area contributed by atoms with Gasteiger partial charge >= 0.3 is 6.09 Å². The van der Waals surface area contributed by atoms with Gasteiger partial charge in [-0.05, 0) is 57.9 Å². The van der Waals surface area contributed by atoms with Gasteiger partial charge in [0.25, 0.3) is 0 Å². The maximum Gasteiger partial charge on any atom is 0.408 e. The van der Waals surface area contributed by atoms with Crippen LogP contribution in [0.5, 0.6) is 0 Å². The molecule has 2 aromatic rings. The Labute approximate surface area is 155 Å². The van der Waals surface area contributed by atoms with E-state index >= 15 is 0 Å². The molecule has 1 aromatic heterocycles. The van der Waals surface area contributed by atoms with Gasteiger partial charge in [0.1, 0.15) is 0 Å². The van der Waals surface area contributed by atoms with Gasteiger partial charge in [-0.3, -0.25) is 9.88 Å². The summed E-state index contributed by atoms with van der Waals surface area (Å²) in [6.45, 7) is 5.76. The summed E-state index contributed by atoms with van der Waals surface area (Å²) in [6, 6.07) is 9.57. The van der Waals surface area contributed by atoms with Gasteiger partial charge in [-0.1, -0.05) is 18.9 Å². The van der Waals surface area contributed by atoms with Crippen molar-refractivity contribution in [2.45, 2.75) is 64.1 Å². The lowest BCUT2D eigenvalue weighted by atomic mass is 9.87. The van der Waals surface area contributed by atoms with Crippen LogP contribution in [0.2, 0.25) is 0 Å². The van der Waals surface area contributed by atoms with E-state index in [0.717, 1.165) is 42.3 Å². The zero-order valence-electron chi connectivity index (χ0n) is 15.9. The Balaban J connectivity index is 0.000000195. The lowest BCUT2D eigenvalue weighted by Crippen LogP contribution is -2.58. The molecule has 2 atom stereocenters. The minimum Gasteiger partial charge on any atom is -0.465 e. The molecule has 142 valence electrons. The second-order valence-corrected chi connectivity index (χ2v) is 7.76. The van der Waals surface area contributed by atoms with Crippen molar-refractivity contribution < 1.29 is 9.90 Å². The molecule has 0 bridgehead atoms. The average molecular weight is 358 g/mol. The molecule has 0 radical (unpaired) electrons. The van der Waals surface area contributed by atoms with Crippen molar-refractivity contribution >= 4 is 22.7 Å². The molecular formula is C20H30N4O2. The average Bonchev–Trinajstić information content (AvgIpc) is 2.56. The van der Waals surface area contributed by atoms with E-state index in [2.05, 4.69) is 4.98 Å². The number of hydrogen-bond donors (Lipinski definition) is 3. The molecule has 0 unspecified atom stereocenters. The lowest BCUT2D eigenvalue weighted by Gasteiger charge is -2.44. The minimum absolute atomic E-state index is 0.00549. The highest BCUT2D eigenvalue weighted by Crippen LogP contribution is 2.27. The van der Waals surface area contributed by atoms with Crippen LogP contribution in [0.3, 0.4) is 0 Å². The summed E-state index contributed by atoms with van der Waals surface area (Å²) in [6.07, 6.45) is 4.94. The summed E-state index contributed by atoms with van der Waals surface area (Å²) >= 11 is 0. The topological polar surface area (TPSA) is 105 Å². The van der Waals surface area contributed by atoms with E-state index in [1.807, 2.05) is 51.1 Å². The van der Waals surface area contributed by atoms with Gasteiger partial charge in [0.05, 0.1) is 11.6 Å². The van der Waals surface area contributed by atoms with E-state index in [-0.39, 0.29) is 17.6 Å². The van der Waals surface area contributed by atoms with E-state index in [1.54, 1.807) is 6.20 Å². The van der Waals surface area contributed by atoms with Crippen molar-refractivity contribution in [2.24, 2.45) is 5.73 Å². The first-order chi connectivity index (χ1) is 12.2. The predicted octanol–water partition coefficient (Wildman–Crippen LogP) is 3.85. The number of pyridine rings is 1. The Morgan fingerprint density at radius 1 is 1.19 bits per heavy atom. The largest absolute Gasteiger partial charge is 0.465 e. The van der Waals surface area contributed by atoms with Gasteiger partial charge in [0.2, 0.25) is 0 Å². The van der Waals surface area contributed by atoms with Crippen LogP contribution in [-0.4, -0.2) is 38.7 Å². The van der Waals surface area contributed by atoms with Crippen molar-refractivity contribution in [3.8, 4) is 0 Å².